The molecular formula is C10H21NO. The van der Waals surface area contributed by atoms with Crippen molar-refractivity contribution in [2.45, 2.75) is 44.8 Å². The predicted octanol–water partition coefficient (Wildman–Crippen LogP) is 1.90. The van der Waals surface area contributed by atoms with E-state index in [4.69, 9.17) is 4.74 Å². The zero-order valence-corrected chi connectivity index (χ0v) is 8.55. The molecule has 0 aromatic carbocycles. The van der Waals surface area contributed by atoms with Gasteiger partial charge in [0.1, 0.15) is 0 Å². The highest BCUT2D eigenvalue weighted by Gasteiger charge is 2.22. The smallest absolute Gasteiger partial charge is 0.0572 e. The molecule has 1 saturated carbocycles. The van der Waals surface area contributed by atoms with Crippen LogP contribution in [0.5, 0.6) is 0 Å². The molecule has 0 N–H and O–H groups in total. The molecule has 72 valence electrons. The molecule has 0 spiro atoms. The first-order valence-corrected chi connectivity index (χ1v) is 5.01. The Bertz CT molecular complexity index is 119. The van der Waals surface area contributed by atoms with Crippen molar-refractivity contribution in [3.63, 3.8) is 0 Å². The van der Waals surface area contributed by atoms with E-state index in [0.29, 0.717) is 6.10 Å². The van der Waals surface area contributed by atoms with Gasteiger partial charge >= 0.3 is 0 Å². The van der Waals surface area contributed by atoms with Crippen molar-refractivity contribution < 1.29 is 4.74 Å². The Balaban J connectivity index is 2.25. The van der Waals surface area contributed by atoms with Gasteiger partial charge in [0.05, 0.1) is 6.10 Å². The minimum Gasteiger partial charge on any atom is -0.381 e. The van der Waals surface area contributed by atoms with Gasteiger partial charge in [0.2, 0.25) is 0 Å². The van der Waals surface area contributed by atoms with Crippen LogP contribution in [0.3, 0.4) is 0 Å². The third-order valence-electron chi connectivity index (χ3n) is 3.10. The second-order valence-corrected chi connectivity index (χ2v) is 3.74. The Morgan fingerprint density at radius 2 is 1.83 bits per heavy atom. The minimum atomic E-state index is 0.534. The molecule has 0 aromatic rings. The van der Waals surface area contributed by atoms with Crippen LogP contribution in [0.1, 0.15) is 32.6 Å². The van der Waals surface area contributed by atoms with Crippen LogP contribution in [0.4, 0.5) is 0 Å². The van der Waals surface area contributed by atoms with Crippen molar-refractivity contribution >= 4 is 0 Å². The van der Waals surface area contributed by atoms with E-state index >= 15 is 0 Å². The van der Waals surface area contributed by atoms with Crippen LogP contribution in [0, 0.1) is 0 Å². The summed E-state index contributed by atoms with van der Waals surface area (Å²) in [5.74, 6) is 0. The molecule has 0 bridgehead atoms. The van der Waals surface area contributed by atoms with E-state index in [9.17, 15) is 0 Å². The average molecular weight is 171 g/mol. The van der Waals surface area contributed by atoms with E-state index < -0.39 is 0 Å². The molecule has 12 heavy (non-hydrogen) atoms. The van der Waals surface area contributed by atoms with Crippen molar-refractivity contribution in [1.82, 2.24) is 4.90 Å². The van der Waals surface area contributed by atoms with E-state index in [1.165, 1.54) is 32.2 Å². The van der Waals surface area contributed by atoms with Crippen LogP contribution in [0.2, 0.25) is 0 Å². The molecule has 0 atom stereocenters. The largest absolute Gasteiger partial charge is 0.381 e. The zero-order valence-electron chi connectivity index (χ0n) is 8.55. The predicted molar refractivity (Wildman–Crippen MR) is 51.4 cm³/mol. The van der Waals surface area contributed by atoms with E-state index in [1.807, 2.05) is 7.11 Å². The van der Waals surface area contributed by atoms with Gasteiger partial charge in [0.25, 0.3) is 0 Å². The Morgan fingerprint density at radius 3 is 2.25 bits per heavy atom. The standard InChI is InChI=1S/C10H21NO/c1-4-11(2)9-5-7-10(12-3)8-6-9/h9-10H,4-8H2,1-3H3. The second-order valence-electron chi connectivity index (χ2n) is 3.74. The van der Waals surface area contributed by atoms with Crippen LogP contribution < -0.4 is 0 Å². The summed E-state index contributed by atoms with van der Waals surface area (Å²) in [7, 11) is 4.05. The highest BCUT2D eigenvalue weighted by Crippen LogP contribution is 2.23. The van der Waals surface area contributed by atoms with Gasteiger partial charge in [-0.2, -0.15) is 0 Å². The molecule has 0 heterocycles. The lowest BCUT2D eigenvalue weighted by atomic mass is 9.92. The molecule has 0 amide bonds. The van der Waals surface area contributed by atoms with Crippen molar-refractivity contribution in [2.24, 2.45) is 0 Å². The van der Waals surface area contributed by atoms with Gasteiger partial charge in [-0.15, -0.1) is 0 Å². The van der Waals surface area contributed by atoms with E-state index in [2.05, 4.69) is 18.9 Å². The van der Waals surface area contributed by atoms with Gasteiger partial charge in [-0.25, -0.2) is 0 Å². The highest BCUT2D eigenvalue weighted by atomic mass is 16.5. The normalized spacial score (nSPS) is 31.0. The first kappa shape index (κ1) is 10.0. The van der Waals surface area contributed by atoms with Gasteiger partial charge in [-0.1, -0.05) is 6.92 Å². The summed E-state index contributed by atoms with van der Waals surface area (Å²) in [6, 6.07) is 0.807. The van der Waals surface area contributed by atoms with Gasteiger partial charge in [-0.05, 0) is 39.3 Å². The molecule has 1 aliphatic carbocycles. The molecule has 1 rings (SSSR count). The van der Waals surface area contributed by atoms with Crippen LogP contribution in [-0.4, -0.2) is 37.7 Å². The van der Waals surface area contributed by atoms with Crippen LogP contribution >= 0.6 is 0 Å². The lowest BCUT2D eigenvalue weighted by Crippen LogP contribution is -2.36. The van der Waals surface area contributed by atoms with Crippen molar-refractivity contribution in [1.29, 1.82) is 0 Å². The molecule has 0 saturated heterocycles. The summed E-state index contributed by atoms with van der Waals surface area (Å²) in [6.45, 7) is 3.39. The Hall–Kier alpha value is -0.0800. The molecule has 1 fully saturated rings. The van der Waals surface area contributed by atoms with Crippen LogP contribution in [0.15, 0.2) is 0 Å². The summed E-state index contributed by atoms with van der Waals surface area (Å²) >= 11 is 0. The Kier molecular flexibility index (Phi) is 4.02. The average Bonchev–Trinajstić information content (AvgIpc) is 2.17. The number of methoxy groups -OCH3 is 1. The van der Waals surface area contributed by atoms with Crippen molar-refractivity contribution in [2.75, 3.05) is 20.7 Å². The van der Waals surface area contributed by atoms with E-state index in [1.54, 1.807) is 0 Å². The molecular weight excluding hydrogens is 150 g/mol. The fraction of sp³-hybridized carbons (Fsp3) is 1.00. The minimum absolute atomic E-state index is 0.534. The zero-order chi connectivity index (χ0) is 8.97. The molecule has 1 aliphatic rings. The monoisotopic (exact) mass is 171 g/mol. The van der Waals surface area contributed by atoms with Gasteiger partial charge < -0.3 is 9.64 Å². The molecule has 0 aromatic heterocycles. The summed E-state index contributed by atoms with van der Waals surface area (Å²) in [5, 5.41) is 0. The second kappa shape index (κ2) is 4.83. The molecule has 0 radical (unpaired) electrons. The van der Waals surface area contributed by atoms with Crippen molar-refractivity contribution in [3.8, 4) is 0 Å². The maximum atomic E-state index is 5.33. The first-order valence-electron chi connectivity index (χ1n) is 5.01. The summed E-state index contributed by atoms with van der Waals surface area (Å²) in [6.07, 6.45) is 5.63. The summed E-state index contributed by atoms with van der Waals surface area (Å²) in [4.78, 5) is 2.45. The molecule has 0 aliphatic heterocycles. The number of rotatable bonds is 3. The fourth-order valence-electron chi connectivity index (χ4n) is 1.98. The third-order valence-corrected chi connectivity index (χ3v) is 3.10. The highest BCUT2D eigenvalue weighted by molar-refractivity contribution is 4.77. The van der Waals surface area contributed by atoms with Gasteiger partial charge in [0.15, 0.2) is 0 Å². The van der Waals surface area contributed by atoms with E-state index in [0.717, 1.165) is 6.04 Å². The SMILES string of the molecule is CCN(C)C1CCC(OC)CC1. The summed E-state index contributed by atoms with van der Waals surface area (Å²) in [5.41, 5.74) is 0. The van der Waals surface area contributed by atoms with Gasteiger partial charge in [-0.3, -0.25) is 0 Å². The number of ether oxygens (including phenoxy) is 1. The molecule has 0 unspecified atom stereocenters. The number of nitrogens with zero attached hydrogens (tertiary/aromatic N) is 1. The lowest BCUT2D eigenvalue weighted by molar-refractivity contribution is 0.0452. The van der Waals surface area contributed by atoms with E-state index in [-0.39, 0.29) is 0 Å². The Morgan fingerprint density at radius 1 is 1.25 bits per heavy atom. The quantitative estimate of drug-likeness (QED) is 0.643. The first-order chi connectivity index (χ1) is 5.77. The lowest BCUT2D eigenvalue weighted by Gasteiger charge is -2.33. The van der Waals surface area contributed by atoms with Gasteiger partial charge in [0, 0.05) is 13.2 Å². The maximum Gasteiger partial charge on any atom is 0.0572 e. The molecule has 2 nitrogen and oxygen atoms in total. The van der Waals surface area contributed by atoms with Crippen LogP contribution in [0.25, 0.3) is 0 Å². The molecule has 2 heteroatoms. The third kappa shape index (κ3) is 2.46. The summed E-state index contributed by atoms with van der Waals surface area (Å²) < 4.78 is 5.33. The van der Waals surface area contributed by atoms with Crippen LogP contribution in [-0.2, 0) is 4.74 Å². The topological polar surface area (TPSA) is 12.5 Å². The Labute approximate surface area is 75.9 Å². The number of hydrogen-bond donors (Lipinski definition) is 0. The fourth-order valence-corrected chi connectivity index (χ4v) is 1.98. The maximum absolute atomic E-state index is 5.33. The number of hydrogen-bond acceptors (Lipinski definition) is 2. The van der Waals surface area contributed by atoms with Crippen molar-refractivity contribution in [3.05, 3.63) is 0 Å².